The van der Waals surface area contributed by atoms with Gasteiger partial charge in [0.05, 0.1) is 6.26 Å². The van der Waals surface area contributed by atoms with E-state index in [9.17, 15) is 0 Å². The van der Waals surface area contributed by atoms with Gasteiger partial charge in [0.15, 0.2) is 0 Å². The van der Waals surface area contributed by atoms with Crippen LogP contribution < -0.4 is 5.73 Å². The number of nitrogens with two attached hydrogens (primary N) is 1. The van der Waals surface area contributed by atoms with E-state index in [1.165, 1.54) is 10.9 Å². The molecule has 1 heterocycles. The molecule has 2 N–H and O–H groups in total. The average molecular weight is 189 g/mol. The van der Waals surface area contributed by atoms with Crippen molar-refractivity contribution >= 4 is 11.0 Å². The van der Waals surface area contributed by atoms with Gasteiger partial charge >= 0.3 is 0 Å². The molecule has 14 heavy (non-hydrogen) atoms. The van der Waals surface area contributed by atoms with E-state index in [4.69, 9.17) is 10.2 Å². The van der Waals surface area contributed by atoms with E-state index in [0.29, 0.717) is 12.5 Å². The highest BCUT2D eigenvalue weighted by molar-refractivity contribution is 5.81. The van der Waals surface area contributed by atoms with Crippen LogP contribution in [0.4, 0.5) is 0 Å². The summed E-state index contributed by atoms with van der Waals surface area (Å²) < 4.78 is 5.48. The van der Waals surface area contributed by atoms with E-state index < -0.39 is 0 Å². The maximum Gasteiger partial charge on any atom is 0.134 e. The van der Waals surface area contributed by atoms with E-state index in [-0.39, 0.29) is 0 Å². The Bertz CT molecular complexity index is 415. The molecule has 0 aliphatic rings. The third-order valence-electron chi connectivity index (χ3n) is 2.73. The summed E-state index contributed by atoms with van der Waals surface area (Å²) in [6.45, 7) is 2.83. The minimum Gasteiger partial charge on any atom is -0.464 e. The van der Waals surface area contributed by atoms with Crippen LogP contribution in [0.15, 0.2) is 34.9 Å². The number of benzene rings is 1. The number of rotatable bonds is 3. The topological polar surface area (TPSA) is 39.2 Å². The fourth-order valence-corrected chi connectivity index (χ4v) is 1.83. The molecule has 1 aromatic heterocycles. The van der Waals surface area contributed by atoms with E-state index in [0.717, 1.165) is 12.0 Å². The lowest BCUT2D eigenvalue weighted by molar-refractivity contribution is 0.593. The van der Waals surface area contributed by atoms with Crippen molar-refractivity contribution in [2.75, 3.05) is 6.54 Å². The third-order valence-corrected chi connectivity index (χ3v) is 2.73. The predicted octanol–water partition coefficient (Wildman–Crippen LogP) is 2.89. The molecule has 2 rings (SSSR count). The molecule has 0 fully saturated rings. The van der Waals surface area contributed by atoms with Crippen LogP contribution in [0.5, 0.6) is 0 Å². The number of hydrogen-bond donors (Lipinski definition) is 1. The Balaban J connectivity index is 2.51. The van der Waals surface area contributed by atoms with E-state index in [1.807, 2.05) is 24.5 Å². The predicted molar refractivity (Wildman–Crippen MR) is 58.3 cm³/mol. The Morgan fingerprint density at radius 1 is 1.36 bits per heavy atom. The largest absolute Gasteiger partial charge is 0.464 e. The highest BCUT2D eigenvalue weighted by Crippen LogP contribution is 2.28. The van der Waals surface area contributed by atoms with Gasteiger partial charge in [-0.1, -0.05) is 25.1 Å². The van der Waals surface area contributed by atoms with Gasteiger partial charge in [-0.25, -0.2) is 0 Å². The first-order chi connectivity index (χ1) is 6.86. The zero-order valence-electron chi connectivity index (χ0n) is 8.36. The van der Waals surface area contributed by atoms with Crippen molar-refractivity contribution in [3.05, 3.63) is 36.1 Å². The Morgan fingerprint density at radius 3 is 2.86 bits per heavy atom. The van der Waals surface area contributed by atoms with E-state index in [2.05, 4.69) is 13.0 Å². The second-order valence-corrected chi connectivity index (χ2v) is 3.53. The molecule has 0 saturated carbocycles. The Labute approximate surface area is 83.7 Å². The molecule has 2 heteroatoms. The maximum atomic E-state index is 5.72. The summed E-state index contributed by atoms with van der Waals surface area (Å²) in [7, 11) is 0. The van der Waals surface area contributed by atoms with Gasteiger partial charge in [-0.3, -0.25) is 0 Å². The zero-order chi connectivity index (χ0) is 9.97. The molecule has 0 radical (unpaired) electrons. The summed E-state index contributed by atoms with van der Waals surface area (Å²) in [4.78, 5) is 0. The molecule has 2 aromatic rings. The molecule has 0 aliphatic carbocycles. The summed E-state index contributed by atoms with van der Waals surface area (Å²) in [5, 5.41) is 1.20. The van der Waals surface area contributed by atoms with Gasteiger partial charge in [0.2, 0.25) is 0 Å². The van der Waals surface area contributed by atoms with Gasteiger partial charge in [0.1, 0.15) is 5.58 Å². The van der Waals surface area contributed by atoms with Crippen LogP contribution in [-0.2, 0) is 0 Å². The van der Waals surface area contributed by atoms with Gasteiger partial charge in [0, 0.05) is 10.9 Å². The van der Waals surface area contributed by atoms with Crippen LogP contribution in [-0.4, -0.2) is 6.54 Å². The lowest BCUT2D eigenvalue weighted by Crippen LogP contribution is -2.10. The zero-order valence-corrected chi connectivity index (χ0v) is 8.36. The fraction of sp³-hybridized carbons (Fsp3) is 0.333. The van der Waals surface area contributed by atoms with E-state index in [1.54, 1.807) is 0 Å². The van der Waals surface area contributed by atoms with Gasteiger partial charge in [-0.2, -0.15) is 0 Å². The lowest BCUT2D eigenvalue weighted by Gasteiger charge is -2.09. The first-order valence-corrected chi connectivity index (χ1v) is 5.03. The molecule has 0 spiro atoms. The molecular formula is C12H15NO. The molecule has 0 aliphatic heterocycles. The highest BCUT2D eigenvalue weighted by Gasteiger charge is 2.13. The maximum absolute atomic E-state index is 5.72. The third kappa shape index (κ3) is 1.42. The summed E-state index contributed by atoms with van der Waals surface area (Å²) in [5.74, 6) is 0.415. The van der Waals surface area contributed by atoms with Gasteiger partial charge in [-0.15, -0.1) is 0 Å². The van der Waals surface area contributed by atoms with Crippen molar-refractivity contribution in [2.24, 2.45) is 5.73 Å². The normalized spacial score (nSPS) is 13.3. The molecular weight excluding hydrogens is 174 g/mol. The van der Waals surface area contributed by atoms with Crippen LogP contribution in [0, 0.1) is 0 Å². The van der Waals surface area contributed by atoms with Crippen LogP contribution >= 0.6 is 0 Å². The molecule has 1 unspecified atom stereocenters. The first kappa shape index (κ1) is 9.28. The molecule has 0 bridgehead atoms. The quantitative estimate of drug-likeness (QED) is 0.806. The SMILES string of the molecule is CCC(CN)c1coc2ccccc12. The first-order valence-electron chi connectivity index (χ1n) is 5.03. The second-order valence-electron chi connectivity index (χ2n) is 3.53. The molecule has 0 amide bonds. The monoisotopic (exact) mass is 189 g/mol. The Kier molecular flexibility index (Phi) is 2.55. The summed E-state index contributed by atoms with van der Waals surface area (Å²) in [6, 6.07) is 8.10. The van der Waals surface area contributed by atoms with Crippen molar-refractivity contribution in [2.45, 2.75) is 19.3 Å². The molecule has 1 aromatic carbocycles. The minimum atomic E-state index is 0.415. The highest BCUT2D eigenvalue weighted by atomic mass is 16.3. The number of hydrogen-bond acceptors (Lipinski definition) is 2. The van der Waals surface area contributed by atoms with Gasteiger partial charge < -0.3 is 10.2 Å². The number of fused-ring (bicyclic) bond motifs is 1. The van der Waals surface area contributed by atoms with Crippen molar-refractivity contribution in [3.8, 4) is 0 Å². The summed E-state index contributed by atoms with van der Waals surface area (Å²) in [5.41, 5.74) is 7.92. The van der Waals surface area contributed by atoms with Crippen LogP contribution in [0.1, 0.15) is 24.8 Å². The van der Waals surface area contributed by atoms with Gasteiger partial charge in [-0.05, 0) is 24.9 Å². The Hall–Kier alpha value is -1.28. The smallest absolute Gasteiger partial charge is 0.134 e. The summed E-state index contributed by atoms with van der Waals surface area (Å²) in [6.07, 6.45) is 2.89. The molecule has 74 valence electrons. The molecule has 2 nitrogen and oxygen atoms in total. The van der Waals surface area contributed by atoms with E-state index >= 15 is 0 Å². The fourth-order valence-electron chi connectivity index (χ4n) is 1.83. The van der Waals surface area contributed by atoms with Crippen molar-refractivity contribution in [3.63, 3.8) is 0 Å². The number of para-hydroxylation sites is 1. The van der Waals surface area contributed by atoms with Crippen molar-refractivity contribution in [1.29, 1.82) is 0 Å². The minimum absolute atomic E-state index is 0.415. The summed E-state index contributed by atoms with van der Waals surface area (Å²) >= 11 is 0. The number of furan rings is 1. The van der Waals surface area contributed by atoms with Crippen molar-refractivity contribution in [1.82, 2.24) is 0 Å². The molecule has 1 atom stereocenters. The standard InChI is InChI=1S/C12H15NO/c1-2-9(7-13)11-8-14-12-6-4-3-5-10(11)12/h3-6,8-9H,2,7,13H2,1H3. The molecule has 0 saturated heterocycles. The van der Waals surface area contributed by atoms with Gasteiger partial charge in [0.25, 0.3) is 0 Å². The van der Waals surface area contributed by atoms with Crippen LogP contribution in [0.3, 0.4) is 0 Å². The van der Waals surface area contributed by atoms with Crippen LogP contribution in [0.25, 0.3) is 11.0 Å². The lowest BCUT2D eigenvalue weighted by atomic mass is 9.96. The second kappa shape index (κ2) is 3.84. The van der Waals surface area contributed by atoms with Crippen molar-refractivity contribution < 1.29 is 4.42 Å². The Morgan fingerprint density at radius 2 is 2.14 bits per heavy atom. The van der Waals surface area contributed by atoms with Crippen LogP contribution in [0.2, 0.25) is 0 Å². The average Bonchev–Trinajstić information content (AvgIpc) is 2.65.